The molecule has 0 saturated heterocycles. The molecule has 2 atom stereocenters. The van der Waals surface area contributed by atoms with Crippen LogP contribution in [0.3, 0.4) is 0 Å². The smallest absolute Gasteiger partial charge is 0.161 e. The molecular weight excluding hydrogens is 242 g/mol. The van der Waals surface area contributed by atoms with Crippen molar-refractivity contribution in [2.75, 3.05) is 20.8 Å². The van der Waals surface area contributed by atoms with Gasteiger partial charge in [0.15, 0.2) is 11.5 Å². The van der Waals surface area contributed by atoms with Crippen molar-refractivity contribution < 1.29 is 14.6 Å². The van der Waals surface area contributed by atoms with Gasteiger partial charge in [0.05, 0.1) is 26.4 Å². The number of benzene rings is 1. The molecule has 0 heterocycles. The number of hydrogen-bond acceptors (Lipinski definition) is 4. The summed E-state index contributed by atoms with van der Waals surface area (Å²) < 4.78 is 10.5. The van der Waals surface area contributed by atoms with E-state index >= 15 is 0 Å². The van der Waals surface area contributed by atoms with Gasteiger partial charge in [0.25, 0.3) is 0 Å². The second kappa shape index (κ2) is 6.78. The van der Waals surface area contributed by atoms with Crippen LogP contribution in [0, 0.1) is 0 Å². The second-order valence-electron chi connectivity index (χ2n) is 5.01. The molecule has 0 fully saturated rings. The summed E-state index contributed by atoms with van der Waals surface area (Å²) in [4.78, 5) is 0. The van der Waals surface area contributed by atoms with Crippen LogP contribution in [0.25, 0.3) is 0 Å². The van der Waals surface area contributed by atoms with E-state index < -0.39 is 5.54 Å². The molecule has 0 amide bonds. The predicted octanol–water partition coefficient (Wildman–Crippen LogP) is 2.30. The lowest BCUT2D eigenvalue weighted by atomic mass is 9.91. The van der Waals surface area contributed by atoms with Crippen molar-refractivity contribution >= 4 is 0 Å². The van der Waals surface area contributed by atoms with E-state index in [2.05, 4.69) is 19.2 Å². The van der Waals surface area contributed by atoms with Crippen LogP contribution in [-0.4, -0.2) is 32.0 Å². The van der Waals surface area contributed by atoms with Crippen LogP contribution in [-0.2, 0) is 5.54 Å². The lowest BCUT2D eigenvalue weighted by Gasteiger charge is -2.33. The van der Waals surface area contributed by atoms with Gasteiger partial charge in [-0.15, -0.1) is 0 Å². The Morgan fingerprint density at radius 3 is 2.37 bits per heavy atom. The van der Waals surface area contributed by atoms with Gasteiger partial charge in [0.1, 0.15) is 0 Å². The Bertz CT molecular complexity index is 408. The third-order valence-electron chi connectivity index (χ3n) is 3.51. The molecule has 1 aromatic carbocycles. The van der Waals surface area contributed by atoms with Gasteiger partial charge in [0.2, 0.25) is 0 Å². The first-order valence-corrected chi connectivity index (χ1v) is 6.61. The maximum atomic E-state index is 9.74. The first-order chi connectivity index (χ1) is 9.00. The zero-order valence-electron chi connectivity index (χ0n) is 12.5. The summed E-state index contributed by atoms with van der Waals surface area (Å²) in [6.07, 6.45) is 1.00. The third-order valence-corrected chi connectivity index (χ3v) is 3.51. The summed E-state index contributed by atoms with van der Waals surface area (Å²) in [5.41, 5.74) is 0.488. The van der Waals surface area contributed by atoms with Crippen molar-refractivity contribution in [3.8, 4) is 11.5 Å². The number of nitrogens with one attached hydrogen (secondary N) is 1. The van der Waals surface area contributed by atoms with Crippen LogP contribution in [0.4, 0.5) is 0 Å². The van der Waals surface area contributed by atoms with Gasteiger partial charge in [-0.2, -0.15) is 0 Å². The third kappa shape index (κ3) is 3.61. The Kier molecular flexibility index (Phi) is 5.63. The van der Waals surface area contributed by atoms with Crippen molar-refractivity contribution in [1.29, 1.82) is 0 Å². The topological polar surface area (TPSA) is 50.7 Å². The molecule has 108 valence electrons. The van der Waals surface area contributed by atoms with Crippen molar-refractivity contribution in [2.45, 2.75) is 38.8 Å². The van der Waals surface area contributed by atoms with Gasteiger partial charge >= 0.3 is 0 Å². The van der Waals surface area contributed by atoms with Gasteiger partial charge in [-0.05, 0) is 38.0 Å². The van der Waals surface area contributed by atoms with E-state index in [9.17, 15) is 5.11 Å². The molecule has 0 aromatic heterocycles. The lowest BCUT2D eigenvalue weighted by Crippen LogP contribution is -2.47. The lowest BCUT2D eigenvalue weighted by molar-refractivity contribution is 0.162. The van der Waals surface area contributed by atoms with E-state index in [0.29, 0.717) is 17.5 Å². The fourth-order valence-corrected chi connectivity index (χ4v) is 2.05. The number of methoxy groups -OCH3 is 2. The van der Waals surface area contributed by atoms with E-state index in [1.165, 1.54) is 0 Å². The monoisotopic (exact) mass is 267 g/mol. The molecule has 4 nitrogen and oxygen atoms in total. The molecule has 19 heavy (non-hydrogen) atoms. The Hall–Kier alpha value is -1.26. The van der Waals surface area contributed by atoms with Gasteiger partial charge in [-0.3, -0.25) is 0 Å². The molecule has 0 aliphatic heterocycles. The van der Waals surface area contributed by atoms with Crippen LogP contribution < -0.4 is 14.8 Å². The summed E-state index contributed by atoms with van der Waals surface area (Å²) in [5, 5.41) is 13.2. The highest BCUT2D eigenvalue weighted by Crippen LogP contribution is 2.32. The summed E-state index contributed by atoms with van der Waals surface area (Å²) in [5.74, 6) is 1.36. The quantitative estimate of drug-likeness (QED) is 0.796. The highest BCUT2D eigenvalue weighted by molar-refractivity contribution is 5.45. The molecular formula is C15H25NO3. The Balaban J connectivity index is 3.10. The molecule has 1 rings (SSSR count). The Morgan fingerprint density at radius 2 is 1.89 bits per heavy atom. The molecule has 2 unspecified atom stereocenters. The second-order valence-corrected chi connectivity index (χ2v) is 5.01. The van der Waals surface area contributed by atoms with Crippen LogP contribution in [0.15, 0.2) is 18.2 Å². The van der Waals surface area contributed by atoms with Crippen LogP contribution in [0.1, 0.15) is 32.8 Å². The van der Waals surface area contributed by atoms with Gasteiger partial charge in [0, 0.05) is 6.04 Å². The maximum absolute atomic E-state index is 9.74. The molecule has 2 N–H and O–H groups in total. The molecule has 0 aliphatic carbocycles. The maximum Gasteiger partial charge on any atom is 0.161 e. The Morgan fingerprint density at radius 1 is 1.26 bits per heavy atom. The van der Waals surface area contributed by atoms with Crippen LogP contribution in [0.2, 0.25) is 0 Å². The molecule has 0 saturated carbocycles. The molecule has 0 radical (unpaired) electrons. The van der Waals surface area contributed by atoms with E-state index in [1.54, 1.807) is 14.2 Å². The predicted molar refractivity (Wildman–Crippen MR) is 76.9 cm³/mol. The number of aliphatic hydroxyl groups is 1. The van der Waals surface area contributed by atoms with Gasteiger partial charge in [-0.1, -0.05) is 13.0 Å². The zero-order chi connectivity index (χ0) is 14.5. The van der Waals surface area contributed by atoms with Crippen LogP contribution in [0.5, 0.6) is 11.5 Å². The highest BCUT2D eigenvalue weighted by atomic mass is 16.5. The standard InChI is InChI=1S/C15H25NO3/c1-6-11(2)16-15(3,10-17)12-7-8-13(18-4)14(9-12)19-5/h7-9,11,16-17H,6,10H2,1-5H3. The van der Waals surface area contributed by atoms with E-state index in [4.69, 9.17) is 9.47 Å². The SMILES string of the molecule is CCC(C)NC(C)(CO)c1ccc(OC)c(OC)c1. The fraction of sp³-hybridized carbons (Fsp3) is 0.600. The van der Waals surface area contributed by atoms with Gasteiger partial charge < -0.3 is 19.9 Å². The number of hydrogen-bond donors (Lipinski definition) is 2. The van der Waals surface area contributed by atoms with Gasteiger partial charge in [-0.25, -0.2) is 0 Å². The van der Waals surface area contributed by atoms with Crippen molar-refractivity contribution in [3.63, 3.8) is 0 Å². The normalized spacial score (nSPS) is 15.7. The summed E-state index contributed by atoms with van der Waals surface area (Å²) >= 11 is 0. The first-order valence-electron chi connectivity index (χ1n) is 6.61. The zero-order valence-corrected chi connectivity index (χ0v) is 12.5. The summed E-state index contributed by atoms with van der Waals surface area (Å²) in [6, 6.07) is 6.04. The highest BCUT2D eigenvalue weighted by Gasteiger charge is 2.28. The van der Waals surface area contributed by atoms with Crippen molar-refractivity contribution in [1.82, 2.24) is 5.32 Å². The van der Waals surface area contributed by atoms with Crippen LogP contribution >= 0.6 is 0 Å². The Labute approximate surface area is 115 Å². The molecule has 0 bridgehead atoms. The number of ether oxygens (including phenoxy) is 2. The molecule has 4 heteroatoms. The summed E-state index contributed by atoms with van der Waals surface area (Å²) in [6.45, 7) is 6.23. The minimum Gasteiger partial charge on any atom is -0.493 e. The first kappa shape index (κ1) is 15.8. The van der Waals surface area contributed by atoms with E-state index in [-0.39, 0.29) is 6.61 Å². The van der Waals surface area contributed by atoms with E-state index in [1.807, 2.05) is 25.1 Å². The van der Waals surface area contributed by atoms with E-state index in [0.717, 1.165) is 12.0 Å². The van der Waals surface area contributed by atoms with Crippen molar-refractivity contribution in [2.24, 2.45) is 0 Å². The number of rotatable bonds is 7. The fourth-order valence-electron chi connectivity index (χ4n) is 2.05. The molecule has 0 aliphatic rings. The van der Waals surface area contributed by atoms with Crippen molar-refractivity contribution in [3.05, 3.63) is 23.8 Å². The average Bonchev–Trinajstić information content (AvgIpc) is 2.45. The number of aliphatic hydroxyl groups excluding tert-OH is 1. The largest absolute Gasteiger partial charge is 0.493 e. The molecule has 1 aromatic rings. The molecule has 0 spiro atoms. The minimum atomic E-state index is -0.491. The minimum absolute atomic E-state index is 0.0207. The summed E-state index contributed by atoms with van der Waals surface area (Å²) in [7, 11) is 3.22. The average molecular weight is 267 g/mol.